The molecule has 0 heterocycles. The summed E-state index contributed by atoms with van der Waals surface area (Å²) >= 11 is 0. The van der Waals surface area contributed by atoms with Crippen molar-refractivity contribution in [2.45, 2.75) is 386 Å². The second kappa shape index (κ2) is 77.7. The number of carbonyl (C=O) groups is 3. The average molecular weight is 1360 g/mol. The number of quaternary nitrogens is 1. The van der Waals surface area contributed by atoms with Gasteiger partial charge in [0.1, 0.15) is 13.2 Å². The number of ether oxygens (including phenoxy) is 4. The number of esters is 2. The van der Waals surface area contributed by atoms with Crippen LogP contribution in [0.15, 0.2) is 109 Å². The summed E-state index contributed by atoms with van der Waals surface area (Å²) in [6, 6.07) is 0. The molecule has 0 saturated carbocycles. The van der Waals surface area contributed by atoms with Crippen LogP contribution in [0.5, 0.6) is 0 Å². The maximum atomic E-state index is 13.0. The molecule has 1 N–H and O–H groups in total. The Hall–Kier alpha value is -4.05. The van der Waals surface area contributed by atoms with E-state index in [0.29, 0.717) is 23.9 Å². The fraction of sp³-hybridized carbons (Fsp3) is 0.761. The number of unbranched alkanes of at least 4 members (excludes halogenated alkanes) is 43. The molecule has 0 aliphatic heterocycles. The molecule has 9 nitrogen and oxygen atoms in total. The molecule has 0 radical (unpaired) electrons. The minimum atomic E-state index is -1.52. The van der Waals surface area contributed by atoms with Gasteiger partial charge in [-0.2, -0.15) is 0 Å². The van der Waals surface area contributed by atoms with Crippen molar-refractivity contribution in [2.75, 3.05) is 47.5 Å². The highest BCUT2D eigenvalue weighted by Crippen LogP contribution is 2.19. The predicted molar refractivity (Wildman–Crippen MR) is 419 cm³/mol. The zero-order chi connectivity index (χ0) is 70.4. The number of hydrogen-bond donors (Lipinski definition) is 1. The van der Waals surface area contributed by atoms with Crippen molar-refractivity contribution in [1.82, 2.24) is 0 Å². The van der Waals surface area contributed by atoms with E-state index in [0.717, 1.165) is 109 Å². The summed E-state index contributed by atoms with van der Waals surface area (Å²) < 4.78 is 23.0. The molecule has 0 saturated heterocycles. The van der Waals surface area contributed by atoms with E-state index in [9.17, 15) is 19.5 Å². The SMILES string of the molecule is CC/C=C\C/C=C\C/C=C\C/C=C\C/C=C\C/C=C\C/C=C\C/C=C\C/C=C\CCCCCCCC(=O)OC(COC(=O)CCCCCCCCCCCCCCCCCCCCCCCCCCCCCCCCCCCCCCCCC)COC(OCC[N+](C)(C)C)C(=O)O. The number of carbonyl (C=O) groups excluding carboxylic acids is 2. The van der Waals surface area contributed by atoms with E-state index in [1.165, 1.54) is 231 Å². The molecule has 0 aliphatic carbocycles. The second-order valence-corrected chi connectivity index (χ2v) is 28.7. The number of carboxylic acids is 1. The van der Waals surface area contributed by atoms with Crippen LogP contribution in [-0.2, 0) is 33.3 Å². The van der Waals surface area contributed by atoms with Crippen molar-refractivity contribution in [3.8, 4) is 0 Å². The lowest BCUT2D eigenvalue weighted by molar-refractivity contribution is -0.870. The van der Waals surface area contributed by atoms with Gasteiger partial charge in [-0.25, -0.2) is 4.79 Å². The predicted octanol–water partition coefficient (Wildman–Crippen LogP) is 26.5. The van der Waals surface area contributed by atoms with Crippen LogP contribution in [0, 0.1) is 0 Å². The lowest BCUT2D eigenvalue weighted by Crippen LogP contribution is -2.40. The highest BCUT2D eigenvalue weighted by molar-refractivity contribution is 5.71. The number of hydrogen-bond acceptors (Lipinski definition) is 7. The van der Waals surface area contributed by atoms with Gasteiger partial charge in [-0.3, -0.25) is 9.59 Å². The van der Waals surface area contributed by atoms with Crippen molar-refractivity contribution < 1.29 is 42.9 Å². The normalized spacial score (nSPS) is 13.2. The van der Waals surface area contributed by atoms with Crippen LogP contribution >= 0.6 is 0 Å². The first-order chi connectivity index (χ1) is 47.6. The van der Waals surface area contributed by atoms with E-state index in [1.807, 2.05) is 21.1 Å². The molecule has 0 spiro atoms. The van der Waals surface area contributed by atoms with E-state index < -0.39 is 24.3 Å². The minimum Gasteiger partial charge on any atom is -0.477 e. The maximum absolute atomic E-state index is 13.0. The topological polar surface area (TPSA) is 108 Å². The van der Waals surface area contributed by atoms with Gasteiger partial charge in [0.2, 0.25) is 0 Å². The van der Waals surface area contributed by atoms with Crippen LogP contribution in [0.1, 0.15) is 373 Å². The van der Waals surface area contributed by atoms with Gasteiger partial charge in [0.05, 0.1) is 34.4 Å². The van der Waals surface area contributed by atoms with Crippen LogP contribution in [0.2, 0.25) is 0 Å². The van der Waals surface area contributed by atoms with Gasteiger partial charge in [0.25, 0.3) is 6.29 Å². The summed E-state index contributed by atoms with van der Waals surface area (Å²) in [7, 11) is 5.98. The summed E-state index contributed by atoms with van der Waals surface area (Å²) in [5.41, 5.74) is 0. The van der Waals surface area contributed by atoms with Gasteiger partial charge in [-0.1, -0.05) is 386 Å². The Morgan fingerprint density at radius 2 is 0.588 bits per heavy atom. The summed E-state index contributed by atoms with van der Waals surface area (Å²) in [5.74, 6) is -2.02. The molecule has 97 heavy (non-hydrogen) atoms. The van der Waals surface area contributed by atoms with E-state index in [4.69, 9.17) is 18.9 Å². The number of rotatable bonds is 76. The van der Waals surface area contributed by atoms with Gasteiger partial charge in [0, 0.05) is 12.8 Å². The van der Waals surface area contributed by atoms with E-state index in [1.54, 1.807) is 0 Å². The third kappa shape index (κ3) is 79.2. The van der Waals surface area contributed by atoms with E-state index >= 15 is 0 Å². The molecule has 0 rings (SSSR count). The van der Waals surface area contributed by atoms with Gasteiger partial charge in [0.15, 0.2) is 6.10 Å². The van der Waals surface area contributed by atoms with Crippen molar-refractivity contribution in [3.05, 3.63) is 109 Å². The Morgan fingerprint density at radius 1 is 0.320 bits per heavy atom. The molecule has 9 heteroatoms. The first kappa shape index (κ1) is 93.0. The molecule has 0 aliphatic rings. The number of nitrogens with zero attached hydrogens (tertiary/aromatic N) is 1. The van der Waals surface area contributed by atoms with Gasteiger partial charge in [-0.15, -0.1) is 0 Å². The summed E-state index contributed by atoms with van der Waals surface area (Å²) in [5, 5.41) is 9.77. The standard InChI is InChI=1S/C88H155NO8/c1-6-8-10-12-14-16-18-20-22-24-26-28-30-32-34-36-38-40-41-42-43-44-45-47-48-50-52-54-56-58-60-62-64-66-68-70-72-74-76-78-85(90)95-82-84(83-96-88(87(92)93)94-81-80-89(3,4)5)97-86(91)79-77-75-73-71-69-67-65-63-61-59-57-55-53-51-49-46-39-37-35-33-31-29-27-25-23-21-19-17-15-13-11-9-7-2/h9,11,15,17,21,23,27,29,33,35,39,46,51,53,57,59,63,65,84,88H,6-8,10,12-14,16,18-20,22,24-26,28,30-32,34,36-38,40-45,47-50,52,54-56,58,60-62,64,66-83H2,1-5H3/p+1/b11-9-,17-15-,23-21-,29-27-,35-33-,46-39-,53-51-,59-57-,65-63-. The Labute approximate surface area is 600 Å². The second-order valence-electron chi connectivity index (χ2n) is 28.7. The Balaban J connectivity index is 4.04. The largest absolute Gasteiger partial charge is 0.477 e. The molecule has 2 atom stereocenters. The van der Waals surface area contributed by atoms with Crippen LogP contribution in [0.4, 0.5) is 0 Å². The third-order valence-corrected chi connectivity index (χ3v) is 18.0. The van der Waals surface area contributed by atoms with Crippen molar-refractivity contribution in [3.63, 3.8) is 0 Å². The lowest BCUT2D eigenvalue weighted by Gasteiger charge is -2.25. The van der Waals surface area contributed by atoms with Crippen LogP contribution in [0.3, 0.4) is 0 Å². The Morgan fingerprint density at radius 3 is 0.876 bits per heavy atom. The smallest absolute Gasteiger partial charge is 0.361 e. The minimum absolute atomic E-state index is 0.180. The number of allylic oxidation sites excluding steroid dienone is 18. The number of carboxylic acid groups (broad SMARTS) is 1. The highest BCUT2D eigenvalue weighted by atomic mass is 16.7. The van der Waals surface area contributed by atoms with Crippen molar-refractivity contribution in [1.29, 1.82) is 0 Å². The molecule has 0 fully saturated rings. The van der Waals surface area contributed by atoms with Crippen LogP contribution in [0.25, 0.3) is 0 Å². The fourth-order valence-corrected chi connectivity index (χ4v) is 11.8. The first-order valence-corrected chi connectivity index (χ1v) is 41.1. The van der Waals surface area contributed by atoms with Gasteiger partial charge >= 0.3 is 17.9 Å². The van der Waals surface area contributed by atoms with Crippen LogP contribution in [-0.4, -0.2) is 87.4 Å². The molecule has 2 unspecified atom stereocenters. The maximum Gasteiger partial charge on any atom is 0.361 e. The summed E-state index contributed by atoms with van der Waals surface area (Å²) in [6.07, 6.45) is 107. The van der Waals surface area contributed by atoms with Crippen molar-refractivity contribution in [2.24, 2.45) is 0 Å². The average Bonchev–Trinajstić information content (AvgIpc) is 2.59. The molecule has 0 aromatic heterocycles. The summed E-state index contributed by atoms with van der Waals surface area (Å²) in [4.78, 5) is 37.7. The Kier molecular flexibility index (Phi) is 74.4. The quantitative estimate of drug-likeness (QED) is 0.0211. The van der Waals surface area contributed by atoms with Crippen molar-refractivity contribution >= 4 is 17.9 Å². The highest BCUT2D eigenvalue weighted by Gasteiger charge is 2.25. The molecule has 0 amide bonds. The summed E-state index contributed by atoms with van der Waals surface area (Å²) in [6.45, 7) is 4.78. The zero-order valence-corrected chi connectivity index (χ0v) is 64.2. The molecule has 0 aromatic rings. The Bertz CT molecular complexity index is 1970. The van der Waals surface area contributed by atoms with E-state index in [-0.39, 0.29) is 32.2 Å². The van der Waals surface area contributed by atoms with Gasteiger partial charge < -0.3 is 28.5 Å². The lowest BCUT2D eigenvalue weighted by atomic mass is 10.0. The third-order valence-electron chi connectivity index (χ3n) is 18.0. The molecular formula is C88H156NO8+. The number of likely N-dealkylation sites (N-methyl/N-ethyl adjacent to an activating group) is 1. The zero-order valence-electron chi connectivity index (χ0n) is 64.2. The monoisotopic (exact) mass is 1360 g/mol. The van der Waals surface area contributed by atoms with Crippen LogP contribution < -0.4 is 0 Å². The van der Waals surface area contributed by atoms with Gasteiger partial charge in [-0.05, 0) is 83.5 Å². The first-order valence-electron chi connectivity index (χ1n) is 41.1. The molecule has 0 bridgehead atoms. The number of aliphatic carboxylic acids is 1. The molecular weight excluding hydrogens is 1200 g/mol. The molecule has 560 valence electrons. The fourth-order valence-electron chi connectivity index (χ4n) is 11.8. The molecule has 0 aromatic carbocycles. The van der Waals surface area contributed by atoms with E-state index in [2.05, 4.69) is 123 Å².